The molecule has 0 heterocycles. The minimum Gasteiger partial charge on any atom is -0.462 e. The van der Waals surface area contributed by atoms with Gasteiger partial charge in [0.05, 0.1) is 27.7 Å². The van der Waals surface area contributed by atoms with Gasteiger partial charge < -0.3 is 18.9 Å². The summed E-state index contributed by atoms with van der Waals surface area (Å²) >= 11 is 0. The number of quaternary nitrogens is 1. The number of esters is 2. The van der Waals surface area contributed by atoms with Crippen LogP contribution >= 0.6 is 7.82 Å². The minimum absolute atomic E-state index is 0.0305. The average molecular weight is 1410 g/mol. The third-order valence-corrected chi connectivity index (χ3v) is 19.2. The zero-order chi connectivity index (χ0) is 72.5. The molecule has 0 aliphatic carbocycles. The van der Waals surface area contributed by atoms with Gasteiger partial charge in [0.1, 0.15) is 19.8 Å². The monoisotopic (exact) mass is 1410 g/mol. The molecular formula is C90H159NO8P+. The summed E-state index contributed by atoms with van der Waals surface area (Å²) in [7, 11) is 1.49. The lowest BCUT2D eigenvalue weighted by atomic mass is 10.0. The number of allylic oxidation sites excluding steroid dienone is 22. The molecule has 0 aliphatic rings. The predicted molar refractivity (Wildman–Crippen MR) is 436 cm³/mol. The summed E-state index contributed by atoms with van der Waals surface area (Å²) in [5, 5.41) is 0. The van der Waals surface area contributed by atoms with Crippen LogP contribution in [0.5, 0.6) is 0 Å². The van der Waals surface area contributed by atoms with Crippen LogP contribution in [0.3, 0.4) is 0 Å². The normalized spacial score (nSPS) is 13.7. The summed E-state index contributed by atoms with van der Waals surface area (Å²) in [5.41, 5.74) is 0. The van der Waals surface area contributed by atoms with E-state index in [0.29, 0.717) is 17.4 Å². The van der Waals surface area contributed by atoms with E-state index < -0.39 is 26.5 Å². The Bertz CT molecular complexity index is 2160. The van der Waals surface area contributed by atoms with Crippen LogP contribution in [0.1, 0.15) is 373 Å². The second-order valence-corrected chi connectivity index (χ2v) is 30.6. The van der Waals surface area contributed by atoms with Crippen molar-refractivity contribution in [2.45, 2.75) is 380 Å². The Morgan fingerprint density at radius 3 is 0.800 bits per heavy atom. The number of ether oxygens (including phenoxy) is 2. The largest absolute Gasteiger partial charge is 0.472 e. The molecule has 576 valence electrons. The Hall–Kier alpha value is -3.85. The molecule has 100 heavy (non-hydrogen) atoms. The average Bonchev–Trinajstić information content (AvgIpc) is 1.30. The molecule has 9 nitrogen and oxygen atoms in total. The molecule has 0 saturated carbocycles. The van der Waals surface area contributed by atoms with E-state index >= 15 is 0 Å². The molecule has 0 fully saturated rings. The van der Waals surface area contributed by atoms with Gasteiger partial charge in [0.25, 0.3) is 0 Å². The van der Waals surface area contributed by atoms with Gasteiger partial charge in [-0.3, -0.25) is 18.6 Å². The van der Waals surface area contributed by atoms with Crippen molar-refractivity contribution in [1.29, 1.82) is 0 Å². The standard InChI is InChI=1S/C90H158NO8P/c1-6-8-10-12-14-16-18-20-22-24-26-28-30-32-34-36-38-40-42-43-44-45-46-47-49-51-53-55-57-59-61-63-65-67-69-71-73-75-77-79-81-83-90(93)99-88(87-98-100(94,95)97-85-84-91(3,4)5)86-96-89(92)82-80-78-76-74-72-70-68-66-64-62-60-58-56-54-52-50-48-41-39-37-35-33-31-29-27-25-23-21-19-17-15-13-11-9-7-2/h8-11,14-17,20-23,26-29,32,34,38,40,43-44,88H,6-7,12-13,18-19,24-25,30-31,33,35-37,39,41-42,45-87H2,1-5H3/p+1/b10-8-,11-9-,16-14-,17-15-,22-20-,23-21-,28-26-,29-27-,34-32-,40-38-,44-43-. The lowest BCUT2D eigenvalue weighted by Gasteiger charge is -2.24. The van der Waals surface area contributed by atoms with Crippen molar-refractivity contribution < 1.29 is 42.1 Å². The zero-order valence-electron chi connectivity index (χ0n) is 65.9. The van der Waals surface area contributed by atoms with Crippen molar-refractivity contribution in [2.24, 2.45) is 0 Å². The number of phosphoric acid groups is 1. The molecule has 2 atom stereocenters. The quantitative estimate of drug-likeness (QED) is 0.0211. The van der Waals surface area contributed by atoms with Crippen molar-refractivity contribution in [3.8, 4) is 0 Å². The summed E-state index contributed by atoms with van der Waals surface area (Å²) < 4.78 is 34.9. The smallest absolute Gasteiger partial charge is 0.462 e. The highest BCUT2D eigenvalue weighted by Gasteiger charge is 2.27. The Labute approximate surface area is 619 Å². The zero-order valence-corrected chi connectivity index (χ0v) is 66.8. The molecule has 10 heteroatoms. The summed E-state index contributed by atoms with van der Waals surface area (Å²) in [6.45, 7) is 4.25. The van der Waals surface area contributed by atoms with E-state index in [1.165, 1.54) is 238 Å². The maximum atomic E-state index is 12.9. The molecular weight excluding hydrogens is 1250 g/mol. The van der Waals surface area contributed by atoms with Crippen LogP contribution in [-0.2, 0) is 32.7 Å². The molecule has 1 N–H and O–H groups in total. The van der Waals surface area contributed by atoms with Gasteiger partial charge in [0, 0.05) is 12.8 Å². The number of hydrogen-bond acceptors (Lipinski definition) is 7. The molecule has 0 bridgehead atoms. The van der Waals surface area contributed by atoms with E-state index in [1.807, 2.05) is 21.1 Å². The molecule has 0 spiro atoms. The molecule has 0 amide bonds. The number of likely N-dealkylation sites (N-methyl/N-ethyl adjacent to an activating group) is 1. The highest BCUT2D eigenvalue weighted by molar-refractivity contribution is 7.47. The fraction of sp³-hybridized carbons (Fsp3) is 0.733. The van der Waals surface area contributed by atoms with Crippen LogP contribution in [0.15, 0.2) is 134 Å². The Morgan fingerprint density at radius 1 is 0.310 bits per heavy atom. The number of carbonyl (C=O) groups is 2. The van der Waals surface area contributed by atoms with Crippen molar-refractivity contribution >= 4 is 19.8 Å². The molecule has 0 aromatic rings. The predicted octanol–water partition coefficient (Wildman–Crippen LogP) is 28.3. The Morgan fingerprint density at radius 2 is 0.540 bits per heavy atom. The van der Waals surface area contributed by atoms with E-state index in [4.69, 9.17) is 18.5 Å². The molecule has 0 aromatic heterocycles. The SMILES string of the molecule is CC/C=C\C/C=C\C/C=C\C/C=C\C/C=C\C/C=C\C/C=C\CCCCCCCCCCCCCCCCCCCCCC(=O)OC(COC(=O)CCCCCCCCCCCCCCCCCCCCCCCC/C=C\C/C=C\C/C=C\C/C=C\CC)COP(=O)(O)OCC[N+](C)(C)C. The summed E-state index contributed by atoms with van der Waals surface area (Å²) in [4.78, 5) is 36.0. The van der Waals surface area contributed by atoms with Gasteiger partial charge in [-0.2, -0.15) is 0 Å². The van der Waals surface area contributed by atoms with Crippen molar-refractivity contribution in [3.05, 3.63) is 134 Å². The first-order valence-electron chi connectivity index (χ1n) is 41.9. The lowest BCUT2D eigenvalue weighted by molar-refractivity contribution is -0.870. The van der Waals surface area contributed by atoms with Gasteiger partial charge in [-0.05, 0) is 109 Å². The maximum absolute atomic E-state index is 12.9. The van der Waals surface area contributed by atoms with Crippen LogP contribution in [0, 0.1) is 0 Å². The van der Waals surface area contributed by atoms with Gasteiger partial charge in [0.2, 0.25) is 0 Å². The van der Waals surface area contributed by atoms with Crippen molar-refractivity contribution in [3.63, 3.8) is 0 Å². The number of nitrogens with zero attached hydrogens (tertiary/aromatic N) is 1. The Kier molecular flexibility index (Phi) is 76.2. The second-order valence-electron chi connectivity index (χ2n) is 29.1. The number of carbonyl (C=O) groups excluding carboxylic acids is 2. The highest BCUT2D eigenvalue weighted by atomic mass is 31.2. The molecule has 0 rings (SSSR count). The Balaban J connectivity index is 3.92. The van der Waals surface area contributed by atoms with E-state index in [1.54, 1.807) is 0 Å². The maximum Gasteiger partial charge on any atom is 0.472 e. The fourth-order valence-corrected chi connectivity index (χ4v) is 12.6. The fourth-order valence-electron chi connectivity index (χ4n) is 11.9. The molecule has 0 saturated heterocycles. The summed E-state index contributed by atoms with van der Waals surface area (Å²) in [5.74, 6) is -0.782. The highest BCUT2D eigenvalue weighted by Crippen LogP contribution is 2.43. The third kappa shape index (κ3) is 83.1. The second kappa shape index (κ2) is 79.3. The summed E-state index contributed by atoms with van der Waals surface area (Å²) in [6.07, 6.45) is 116. The number of hydrogen-bond donors (Lipinski definition) is 1. The van der Waals surface area contributed by atoms with Crippen LogP contribution in [0.2, 0.25) is 0 Å². The number of phosphoric ester groups is 1. The van der Waals surface area contributed by atoms with Crippen LogP contribution < -0.4 is 0 Å². The van der Waals surface area contributed by atoms with Gasteiger partial charge in [-0.1, -0.05) is 385 Å². The number of unbranched alkanes of at least 4 members (excludes halogenated alkanes) is 41. The number of rotatable bonds is 77. The minimum atomic E-state index is -4.40. The third-order valence-electron chi connectivity index (χ3n) is 18.2. The van der Waals surface area contributed by atoms with Crippen LogP contribution in [-0.4, -0.2) is 74.9 Å². The van der Waals surface area contributed by atoms with E-state index in [2.05, 4.69) is 148 Å². The van der Waals surface area contributed by atoms with Gasteiger partial charge in [-0.15, -0.1) is 0 Å². The van der Waals surface area contributed by atoms with Crippen molar-refractivity contribution in [1.82, 2.24) is 0 Å². The molecule has 2 unspecified atom stereocenters. The van der Waals surface area contributed by atoms with Gasteiger partial charge in [0.15, 0.2) is 6.10 Å². The molecule has 0 aliphatic heterocycles. The van der Waals surface area contributed by atoms with E-state index in [-0.39, 0.29) is 32.0 Å². The molecule has 0 radical (unpaired) electrons. The van der Waals surface area contributed by atoms with Crippen LogP contribution in [0.25, 0.3) is 0 Å². The van der Waals surface area contributed by atoms with Crippen molar-refractivity contribution in [2.75, 3.05) is 47.5 Å². The van der Waals surface area contributed by atoms with E-state index in [0.717, 1.165) is 103 Å². The van der Waals surface area contributed by atoms with E-state index in [9.17, 15) is 19.0 Å². The summed E-state index contributed by atoms with van der Waals surface area (Å²) in [6, 6.07) is 0. The first-order valence-corrected chi connectivity index (χ1v) is 43.4. The molecule has 0 aromatic carbocycles. The van der Waals surface area contributed by atoms with Crippen LogP contribution in [0.4, 0.5) is 0 Å². The van der Waals surface area contributed by atoms with Gasteiger partial charge >= 0.3 is 19.8 Å². The topological polar surface area (TPSA) is 108 Å². The lowest BCUT2D eigenvalue weighted by Crippen LogP contribution is -2.37. The first kappa shape index (κ1) is 96.2. The first-order chi connectivity index (χ1) is 49.0. The van der Waals surface area contributed by atoms with Gasteiger partial charge in [-0.25, -0.2) is 4.57 Å².